The number of hydrogen-bond acceptors (Lipinski definition) is 4. The van der Waals surface area contributed by atoms with Gasteiger partial charge in [0.25, 0.3) is 0 Å². The van der Waals surface area contributed by atoms with Crippen LogP contribution in [0.2, 0.25) is 0 Å². The SMILES string of the molecule is CCOC(=O)CCCNC(=NC)N(C)CCOCC1CC1. The zero-order chi connectivity index (χ0) is 15.5. The fourth-order valence-corrected chi connectivity index (χ4v) is 1.89. The number of likely N-dealkylation sites (N-methyl/N-ethyl adjacent to an activating group) is 1. The van der Waals surface area contributed by atoms with Gasteiger partial charge < -0.3 is 19.7 Å². The summed E-state index contributed by atoms with van der Waals surface area (Å²) in [4.78, 5) is 17.5. The third kappa shape index (κ3) is 8.55. The molecule has 0 bridgehead atoms. The van der Waals surface area contributed by atoms with Crippen LogP contribution in [0.15, 0.2) is 4.99 Å². The highest BCUT2D eigenvalue weighted by molar-refractivity contribution is 5.79. The van der Waals surface area contributed by atoms with E-state index >= 15 is 0 Å². The van der Waals surface area contributed by atoms with Crippen molar-refractivity contribution in [3.8, 4) is 0 Å². The molecule has 6 nitrogen and oxygen atoms in total. The average molecular weight is 299 g/mol. The summed E-state index contributed by atoms with van der Waals surface area (Å²) in [6.07, 6.45) is 3.81. The predicted molar refractivity (Wildman–Crippen MR) is 83.4 cm³/mol. The highest BCUT2D eigenvalue weighted by Crippen LogP contribution is 2.28. The van der Waals surface area contributed by atoms with Crippen molar-refractivity contribution in [3.63, 3.8) is 0 Å². The van der Waals surface area contributed by atoms with Gasteiger partial charge in [-0.1, -0.05) is 0 Å². The Hall–Kier alpha value is -1.30. The Morgan fingerprint density at radius 2 is 2.19 bits per heavy atom. The Morgan fingerprint density at radius 3 is 2.81 bits per heavy atom. The van der Waals surface area contributed by atoms with Gasteiger partial charge in [0.1, 0.15) is 0 Å². The van der Waals surface area contributed by atoms with Crippen molar-refractivity contribution >= 4 is 11.9 Å². The lowest BCUT2D eigenvalue weighted by Gasteiger charge is -2.22. The largest absolute Gasteiger partial charge is 0.466 e. The van der Waals surface area contributed by atoms with Crippen molar-refractivity contribution in [1.29, 1.82) is 0 Å². The van der Waals surface area contributed by atoms with E-state index in [1.54, 1.807) is 7.05 Å². The number of guanidine groups is 1. The monoisotopic (exact) mass is 299 g/mol. The maximum absolute atomic E-state index is 11.2. The molecule has 0 aliphatic heterocycles. The first-order chi connectivity index (χ1) is 10.2. The fraction of sp³-hybridized carbons (Fsp3) is 0.867. The van der Waals surface area contributed by atoms with E-state index in [-0.39, 0.29) is 5.97 Å². The van der Waals surface area contributed by atoms with Gasteiger partial charge in [0.2, 0.25) is 0 Å². The minimum Gasteiger partial charge on any atom is -0.466 e. The summed E-state index contributed by atoms with van der Waals surface area (Å²) < 4.78 is 10.5. The van der Waals surface area contributed by atoms with Crippen LogP contribution < -0.4 is 5.32 Å². The topological polar surface area (TPSA) is 63.2 Å². The van der Waals surface area contributed by atoms with Gasteiger partial charge >= 0.3 is 5.97 Å². The molecule has 1 saturated carbocycles. The Morgan fingerprint density at radius 1 is 1.43 bits per heavy atom. The first-order valence-corrected chi connectivity index (χ1v) is 7.82. The normalized spacial score (nSPS) is 14.9. The number of carbonyl (C=O) groups is 1. The Kier molecular flexibility index (Phi) is 8.82. The van der Waals surface area contributed by atoms with Crippen LogP contribution in [-0.4, -0.2) is 63.8 Å². The first-order valence-electron chi connectivity index (χ1n) is 7.82. The molecule has 1 rings (SSSR count). The lowest BCUT2D eigenvalue weighted by atomic mass is 10.3. The molecule has 0 unspecified atom stereocenters. The molecule has 1 fully saturated rings. The second-order valence-corrected chi connectivity index (χ2v) is 5.32. The lowest BCUT2D eigenvalue weighted by Crippen LogP contribution is -2.41. The van der Waals surface area contributed by atoms with Gasteiger partial charge in [-0.15, -0.1) is 0 Å². The summed E-state index contributed by atoms with van der Waals surface area (Å²) in [6.45, 7) is 5.38. The van der Waals surface area contributed by atoms with Crippen molar-refractivity contribution in [3.05, 3.63) is 0 Å². The van der Waals surface area contributed by atoms with E-state index in [0.29, 0.717) is 19.6 Å². The third-order valence-electron chi connectivity index (χ3n) is 3.34. The standard InChI is InChI=1S/C15H29N3O3/c1-4-21-14(19)6-5-9-17-15(16-2)18(3)10-11-20-12-13-7-8-13/h13H,4-12H2,1-3H3,(H,16,17). The molecular weight excluding hydrogens is 270 g/mol. The summed E-state index contributed by atoms with van der Waals surface area (Å²) in [5.41, 5.74) is 0. The average Bonchev–Trinajstić information content (AvgIpc) is 3.28. The molecule has 6 heteroatoms. The number of carbonyl (C=O) groups excluding carboxylic acids is 1. The number of ether oxygens (including phenoxy) is 2. The minimum absolute atomic E-state index is 0.142. The highest BCUT2D eigenvalue weighted by atomic mass is 16.5. The summed E-state index contributed by atoms with van der Waals surface area (Å²) in [6, 6.07) is 0. The molecule has 0 saturated heterocycles. The Bertz CT molecular complexity index is 330. The Balaban J connectivity index is 2.06. The van der Waals surface area contributed by atoms with Crippen LogP contribution in [0, 0.1) is 5.92 Å². The van der Waals surface area contributed by atoms with Gasteiger partial charge in [-0.2, -0.15) is 0 Å². The number of nitrogens with zero attached hydrogens (tertiary/aromatic N) is 2. The van der Waals surface area contributed by atoms with Gasteiger partial charge in [-0.05, 0) is 32.1 Å². The molecule has 0 amide bonds. The molecule has 1 aliphatic rings. The van der Waals surface area contributed by atoms with Crippen LogP contribution in [0.5, 0.6) is 0 Å². The van der Waals surface area contributed by atoms with Crippen molar-refractivity contribution in [2.24, 2.45) is 10.9 Å². The van der Waals surface area contributed by atoms with Crippen LogP contribution >= 0.6 is 0 Å². The molecule has 1 N–H and O–H groups in total. The maximum atomic E-state index is 11.2. The lowest BCUT2D eigenvalue weighted by molar-refractivity contribution is -0.143. The van der Waals surface area contributed by atoms with Gasteiger partial charge in [-0.3, -0.25) is 9.79 Å². The van der Waals surface area contributed by atoms with Crippen molar-refractivity contribution < 1.29 is 14.3 Å². The van der Waals surface area contributed by atoms with Gasteiger partial charge in [-0.25, -0.2) is 0 Å². The fourth-order valence-electron chi connectivity index (χ4n) is 1.89. The van der Waals surface area contributed by atoms with Crippen molar-refractivity contribution in [2.45, 2.75) is 32.6 Å². The molecule has 0 aromatic heterocycles. The third-order valence-corrected chi connectivity index (χ3v) is 3.34. The zero-order valence-corrected chi connectivity index (χ0v) is 13.6. The second-order valence-electron chi connectivity index (χ2n) is 5.32. The molecule has 0 radical (unpaired) electrons. The molecule has 21 heavy (non-hydrogen) atoms. The second kappa shape index (κ2) is 10.4. The van der Waals surface area contributed by atoms with E-state index in [1.165, 1.54) is 12.8 Å². The smallest absolute Gasteiger partial charge is 0.305 e. The van der Waals surface area contributed by atoms with Gasteiger partial charge in [0, 0.05) is 40.2 Å². The number of hydrogen-bond donors (Lipinski definition) is 1. The number of aliphatic imine (C=N–C) groups is 1. The molecule has 0 aromatic carbocycles. The number of esters is 1. The van der Waals surface area contributed by atoms with E-state index in [9.17, 15) is 4.79 Å². The Labute approximate surface area is 127 Å². The molecule has 0 atom stereocenters. The summed E-state index contributed by atoms with van der Waals surface area (Å²) >= 11 is 0. The molecule has 0 spiro atoms. The first kappa shape index (κ1) is 17.8. The van der Waals surface area contributed by atoms with E-state index in [0.717, 1.165) is 38.1 Å². The minimum atomic E-state index is -0.142. The van der Waals surface area contributed by atoms with E-state index in [2.05, 4.69) is 10.3 Å². The van der Waals surface area contributed by atoms with Gasteiger partial charge in [0.05, 0.1) is 13.2 Å². The summed E-state index contributed by atoms with van der Waals surface area (Å²) in [5, 5.41) is 3.24. The van der Waals surface area contributed by atoms with Crippen molar-refractivity contribution in [2.75, 3.05) is 47.0 Å². The predicted octanol–water partition coefficient (Wildman–Crippen LogP) is 1.26. The van der Waals surface area contributed by atoms with E-state index in [4.69, 9.17) is 9.47 Å². The van der Waals surface area contributed by atoms with Crippen LogP contribution in [0.1, 0.15) is 32.6 Å². The van der Waals surface area contributed by atoms with Crippen LogP contribution in [0.3, 0.4) is 0 Å². The quantitative estimate of drug-likeness (QED) is 0.285. The molecule has 0 heterocycles. The van der Waals surface area contributed by atoms with Crippen LogP contribution in [0.25, 0.3) is 0 Å². The highest BCUT2D eigenvalue weighted by Gasteiger charge is 2.21. The summed E-state index contributed by atoms with van der Waals surface area (Å²) in [5.74, 6) is 1.49. The number of nitrogens with one attached hydrogen (secondary N) is 1. The molecule has 0 aromatic rings. The van der Waals surface area contributed by atoms with Crippen LogP contribution in [-0.2, 0) is 14.3 Å². The number of rotatable bonds is 10. The molecule has 122 valence electrons. The zero-order valence-electron chi connectivity index (χ0n) is 13.6. The molecular formula is C15H29N3O3. The maximum Gasteiger partial charge on any atom is 0.305 e. The van der Waals surface area contributed by atoms with Crippen molar-refractivity contribution in [1.82, 2.24) is 10.2 Å². The van der Waals surface area contributed by atoms with E-state index in [1.807, 2.05) is 18.9 Å². The van der Waals surface area contributed by atoms with Gasteiger partial charge in [0.15, 0.2) is 5.96 Å². The molecule has 1 aliphatic carbocycles. The van der Waals surface area contributed by atoms with Crippen LogP contribution in [0.4, 0.5) is 0 Å². The van der Waals surface area contributed by atoms with E-state index < -0.39 is 0 Å². The summed E-state index contributed by atoms with van der Waals surface area (Å²) in [7, 11) is 3.75.